The van der Waals surface area contributed by atoms with Crippen LogP contribution in [0.4, 0.5) is 11.5 Å². The number of anilines is 2. The molecule has 0 bridgehead atoms. The second-order valence-electron chi connectivity index (χ2n) is 6.60. The number of nitrogens with zero attached hydrogens (tertiary/aromatic N) is 3. The quantitative estimate of drug-likeness (QED) is 0.607. The monoisotopic (exact) mass is 413 g/mol. The van der Waals surface area contributed by atoms with Crippen LogP contribution in [0.1, 0.15) is 21.9 Å². The van der Waals surface area contributed by atoms with E-state index >= 15 is 0 Å². The molecule has 1 aliphatic heterocycles. The molecule has 1 aliphatic rings. The van der Waals surface area contributed by atoms with Gasteiger partial charge in [-0.3, -0.25) is 0 Å². The summed E-state index contributed by atoms with van der Waals surface area (Å²) in [6.07, 6.45) is 1.57. The van der Waals surface area contributed by atoms with E-state index in [4.69, 9.17) is 4.42 Å². The minimum absolute atomic E-state index is 0.0226. The third kappa shape index (κ3) is 3.50. The Labute approximate surface area is 168 Å². The van der Waals surface area contributed by atoms with E-state index in [9.17, 15) is 13.2 Å². The van der Waals surface area contributed by atoms with Crippen LogP contribution in [-0.4, -0.2) is 37.5 Å². The van der Waals surface area contributed by atoms with E-state index in [1.807, 2.05) is 36.1 Å². The number of benzene rings is 1. The van der Waals surface area contributed by atoms with Crippen LogP contribution in [0.2, 0.25) is 0 Å². The molecule has 150 valence electrons. The van der Waals surface area contributed by atoms with E-state index in [1.165, 1.54) is 23.5 Å². The number of aromatic nitrogens is 1. The molecule has 0 N–H and O–H groups in total. The van der Waals surface area contributed by atoms with Crippen molar-refractivity contribution in [3.8, 4) is 0 Å². The van der Waals surface area contributed by atoms with Gasteiger partial charge in [-0.15, -0.1) is 0 Å². The third-order valence-corrected chi connectivity index (χ3v) is 6.45. The minimum Gasteiger partial charge on any atom is -0.463 e. The number of furan rings is 1. The molecule has 0 spiro atoms. The topological polar surface area (TPSA) is 93.0 Å². The molecule has 3 aromatic rings. The summed E-state index contributed by atoms with van der Waals surface area (Å²) in [5.41, 5.74) is 1.92. The summed E-state index contributed by atoms with van der Waals surface area (Å²) in [5, 5.41) is 0. The first kappa shape index (κ1) is 19.2. The van der Waals surface area contributed by atoms with Gasteiger partial charge in [0.05, 0.1) is 20.3 Å². The minimum atomic E-state index is -3.79. The molecule has 0 unspecified atom stereocenters. The molecule has 3 heterocycles. The van der Waals surface area contributed by atoms with E-state index in [0.717, 1.165) is 11.3 Å². The molecule has 0 amide bonds. The Balaban J connectivity index is 1.72. The number of esters is 1. The van der Waals surface area contributed by atoms with E-state index in [1.54, 1.807) is 18.3 Å². The van der Waals surface area contributed by atoms with Crippen molar-refractivity contribution in [2.45, 2.75) is 18.4 Å². The number of carbonyl (C=O) groups is 1. The molecule has 0 fully saturated rings. The van der Waals surface area contributed by atoms with E-state index in [0.29, 0.717) is 11.6 Å². The van der Waals surface area contributed by atoms with Crippen molar-refractivity contribution in [3.05, 3.63) is 71.8 Å². The van der Waals surface area contributed by atoms with Crippen LogP contribution < -0.4 is 4.90 Å². The molecule has 0 radical (unpaired) electrons. The number of methoxy groups -OCH3 is 1. The summed E-state index contributed by atoms with van der Waals surface area (Å²) >= 11 is 0. The SMILES string of the molecule is COC(=O)c1ccc(CN2CN(c3ccc(C)cc3)c3ncccc3S2(=O)=O)o1. The summed E-state index contributed by atoms with van der Waals surface area (Å²) in [6.45, 7) is 2.01. The van der Waals surface area contributed by atoms with Gasteiger partial charge in [0.1, 0.15) is 10.7 Å². The van der Waals surface area contributed by atoms with Crippen molar-refractivity contribution >= 4 is 27.5 Å². The fourth-order valence-corrected chi connectivity index (χ4v) is 4.62. The molecule has 1 aromatic carbocycles. The van der Waals surface area contributed by atoms with Crippen LogP contribution >= 0.6 is 0 Å². The zero-order valence-electron chi connectivity index (χ0n) is 15.9. The summed E-state index contributed by atoms with van der Waals surface area (Å²) in [4.78, 5) is 17.9. The first-order valence-corrected chi connectivity index (χ1v) is 10.3. The number of pyridine rings is 1. The average Bonchev–Trinajstić information content (AvgIpc) is 3.19. The van der Waals surface area contributed by atoms with Gasteiger partial charge in [0.2, 0.25) is 15.8 Å². The molecule has 2 aromatic heterocycles. The number of hydrogen-bond acceptors (Lipinski definition) is 7. The molecule has 0 saturated heterocycles. The van der Waals surface area contributed by atoms with Crippen LogP contribution in [0.25, 0.3) is 0 Å². The molecule has 29 heavy (non-hydrogen) atoms. The fraction of sp³-hybridized carbons (Fsp3) is 0.200. The van der Waals surface area contributed by atoms with Gasteiger partial charge in [-0.2, -0.15) is 4.31 Å². The van der Waals surface area contributed by atoms with Crippen LogP contribution in [-0.2, 0) is 21.3 Å². The predicted octanol–water partition coefficient (Wildman–Crippen LogP) is 3.07. The molecular formula is C20H19N3O5S. The third-order valence-electron chi connectivity index (χ3n) is 4.65. The first-order valence-electron chi connectivity index (χ1n) is 8.86. The molecule has 8 nitrogen and oxygen atoms in total. The number of rotatable bonds is 4. The molecular weight excluding hydrogens is 394 g/mol. The molecule has 0 saturated carbocycles. The number of fused-ring (bicyclic) bond motifs is 1. The van der Waals surface area contributed by atoms with Crippen LogP contribution in [0.3, 0.4) is 0 Å². The lowest BCUT2D eigenvalue weighted by Gasteiger charge is -2.36. The van der Waals surface area contributed by atoms with Gasteiger partial charge in [-0.25, -0.2) is 18.2 Å². The van der Waals surface area contributed by atoms with E-state index < -0.39 is 16.0 Å². The number of ether oxygens (including phenoxy) is 1. The van der Waals surface area contributed by atoms with Crippen molar-refractivity contribution in [1.29, 1.82) is 0 Å². The van der Waals surface area contributed by atoms with Gasteiger partial charge >= 0.3 is 5.97 Å². The van der Waals surface area contributed by atoms with Crippen LogP contribution in [0.5, 0.6) is 0 Å². The standard InChI is InChI=1S/C20H19N3O5S/c1-14-5-7-15(8-6-14)23-13-22(12-16-9-10-17(28-16)20(24)27-2)29(25,26)18-4-3-11-21-19(18)23/h3-11H,12-13H2,1-2H3. The Morgan fingerprint density at radius 3 is 2.66 bits per heavy atom. The smallest absolute Gasteiger partial charge is 0.373 e. The van der Waals surface area contributed by atoms with Crippen LogP contribution in [0, 0.1) is 6.92 Å². The normalized spacial score (nSPS) is 15.7. The molecule has 9 heteroatoms. The maximum atomic E-state index is 13.2. The Morgan fingerprint density at radius 1 is 1.17 bits per heavy atom. The van der Waals surface area contributed by atoms with Gasteiger partial charge in [-0.05, 0) is 43.3 Å². The van der Waals surface area contributed by atoms with Crippen LogP contribution in [0.15, 0.2) is 64.0 Å². The summed E-state index contributed by atoms with van der Waals surface area (Å²) in [6, 6.07) is 13.9. The van der Waals surface area contributed by atoms with Crippen molar-refractivity contribution in [1.82, 2.24) is 9.29 Å². The fourth-order valence-electron chi connectivity index (χ4n) is 3.14. The maximum Gasteiger partial charge on any atom is 0.373 e. The van der Waals surface area contributed by atoms with Gasteiger partial charge in [-0.1, -0.05) is 17.7 Å². The second kappa shape index (κ2) is 7.34. The molecule has 0 atom stereocenters. The van der Waals surface area contributed by atoms with Crippen molar-refractivity contribution in [2.24, 2.45) is 0 Å². The Kier molecular flexibility index (Phi) is 4.85. The number of hydrogen-bond donors (Lipinski definition) is 0. The lowest BCUT2D eigenvalue weighted by Crippen LogP contribution is -2.44. The average molecular weight is 413 g/mol. The van der Waals surface area contributed by atoms with E-state index in [-0.39, 0.29) is 23.9 Å². The van der Waals surface area contributed by atoms with E-state index in [2.05, 4.69) is 9.72 Å². The highest BCUT2D eigenvalue weighted by molar-refractivity contribution is 7.89. The Hall–Kier alpha value is -3.17. The molecule has 4 rings (SSSR count). The van der Waals surface area contributed by atoms with Gasteiger partial charge < -0.3 is 14.1 Å². The summed E-state index contributed by atoms with van der Waals surface area (Å²) in [5.74, 6) is 0.121. The van der Waals surface area contributed by atoms with Crippen molar-refractivity contribution in [3.63, 3.8) is 0 Å². The van der Waals surface area contributed by atoms with Gasteiger partial charge in [0, 0.05) is 11.9 Å². The first-order chi connectivity index (χ1) is 13.9. The highest BCUT2D eigenvalue weighted by Gasteiger charge is 2.37. The zero-order chi connectivity index (χ0) is 20.6. The largest absolute Gasteiger partial charge is 0.463 e. The van der Waals surface area contributed by atoms with Crippen molar-refractivity contribution in [2.75, 3.05) is 18.7 Å². The number of aryl methyl sites for hydroxylation is 1. The summed E-state index contributed by atoms with van der Waals surface area (Å²) in [7, 11) is -2.54. The lowest BCUT2D eigenvalue weighted by molar-refractivity contribution is 0.0562. The Bertz CT molecular complexity index is 1150. The van der Waals surface area contributed by atoms with Gasteiger partial charge in [0.25, 0.3) is 0 Å². The lowest BCUT2D eigenvalue weighted by atomic mass is 10.2. The Morgan fingerprint density at radius 2 is 1.93 bits per heavy atom. The number of sulfonamides is 1. The second-order valence-corrected chi connectivity index (χ2v) is 8.51. The molecule has 0 aliphatic carbocycles. The maximum absolute atomic E-state index is 13.2. The predicted molar refractivity (Wildman–Crippen MR) is 105 cm³/mol. The van der Waals surface area contributed by atoms with Crippen molar-refractivity contribution < 1.29 is 22.4 Å². The van der Waals surface area contributed by atoms with Gasteiger partial charge in [0.15, 0.2) is 5.82 Å². The number of carbonyl (C=O) groups excluding carboxylic acids is 1. The highest BCUT2D eigenvalue weighted by atomic mass is 32.2. The zero-order valence-corrected chi connectivity index (χ0v) is 16.7. The summed E-state index contributed by atoms with van der Waals surface area (Å²) < 4.78 is 37.7. The highest BCUT2D eigenvalue weighted by Crippen LogP contribution is 2.36.